The zero-order chi connectivity index (χ0) is 17.7. The molecule has 6 nitrogen and oxygen atoms in total. The van der Waals surface area contributed by atoms with Gasteiger partial charge in [0.2, 0.25) is 0 Å². The summed E-state index contributed by atoms with van der Waals surface area (Å²) in [6.45, 7) is 11.0. The minimum Gasteiger partial charge on any atom is -0.456 e. The summed E-state index contributed by atoms with van der Waals surface area (Å²) in [5.41, 5.74) is 1.81. The fraction of sp³-hybridized carbons (Fsp3) is 0.556. The molecule has 0 saturated heterocycles. The predicted octanol–water partition coefficient (Wildman–Crippen LogP) is 3.51. The van der Waals surface area contributed by atoms with E-state index in [2.05, 4.69) is 23.9 Å². The largest absolute Gasteiger partial charge is 0.456 e. The highest BCUT2D eigenvalue weighted by molar-refractivity contribution is 5.91. The van der Waals surface area contributed by atoms with Crippen LogP contribution in [0.1, 0.15) is 61.3 Å². The van der Waals surface area contributed by atoms with Gasteiger partial charge in [-0.3, -0.25) is 9.69 Å². The summed E-state index contributed by atoms with van der Waals surface area (Å²) in [6, 6.07) is 3.46. The van der Waals surface area contributed by atoms with Crippen molar-refractivity contribution in [2.45, 2.75) is 46.7 Å². The van der Waals surface area contributed by atoms with Crippen LogP contribution in [-0.2, 0) is 13.0 Å². The molecule has 0 fully saturated rings. The van der Waals surface area contributed by atoms with Gasteiger partial charge in [0.05, 0.1) is 6.04 Å². The lowest BCUT2D eigenvalue weighted by Crippen LogP contribution is -2.29. The van der Waals surface area contributed by atoms with E-state index in [-0.39, 0.29) is 11.9 Å². The Morgan fingerprint density at radius 3 is 2.54 bits per heavy atom. The molecule has 0 aliphatic carbocycles. The zero-order valence-electron chi connectivity index (χ0n) is 15.2. The Morgan fingerprint density at radius 1 is 1.29 bits per heavy atom. The summed E-state index contributed by atoms with van der Waals surface area (Å²) >= 11 is 0. The Hall–Kier alpha value is -2.08. The number of nitrogens with zero attached hydrogens (tertiary/aromatic N) is 3. The van der Waals surface area contributed by atoms with Gasteiger partial charge in [-0.15, -0.1) is 0 Å². The van der Waals surface area contributed by atoms with E-state index in [9.17, 15) is 4.79 Å². The molecule has 0 aliphatic rings. The van der Waals surface area contributed by atoms with Crippen LogP contribution >= 0.6 is 0 Å². The van der Waals surface area contributed by atoms with Crippen LogP contribution in [0.15, 0.2) is 27.3 Å². The number of aryl methyl sites for hydroxylation is 1. The second-order valence-electron chi connectivity index (χ2n) is 5.89. The van der Waals surface area contributed by atoms with Gasteiger partial charge in [-0.1, -0.05) is 25.9 Å². The van der Waals surface area contributed by atoms with Gasteiger partial charge in [0.25, 0.3) is 5.91 Å². The van der Waals surface area contributed by atoms with Crippen LogP contribution in [0.2, 0.25) is 0 Å². The predicted molar refractivity (Wildman–Crippen MR) is 91.7 cm³/mol. The third-order valence-electron chi connectivity index (χ3n) is 4.50. The first-order valence-corrected chi connectivity index (χ1v) is 8.53. The molecule has 2 rings (SSSR count). The van der Waals surface area contributed by atoms with Crippen molar-refractivity contribution in [2.24, 2.45) is 0 Å². The van der Waals surface area contributed by atoms with Crippen LogP contribution < -0.4 is 0 Å². The number of furan rings is 1. The first kappa shape index (κ1) is 18.3. The molecule has 2 aromatic rings. The molecule has 132 valence electrons. The Kier molecular flexibility index (Phi) is 6.20. The second-order valence-corrected chi connectivity index (χ2v) is 5.89. The molecule has 2 heterocycles. The SMILES string of the molecule is CCc1oc(C(=O)N(C)[C@@H](C)c2ccon2)cc1CN(CC)CC. The standard InChI is InChI=1S/C18H27N3O3/c1-6-16-14(12-21(7-2)8-3)11-17(24-16)18(22)20(5)13(4)15-9-10-23-19-15/h9-11,13H,6-8,12H2,1-5H3/t13-/m0/s1. The van der Waals surface area contributed by atoms with Crippen LogP contribution in [0, 0.1) is 0 Å². The van der Waals surface area contributed by atoms with E-state index in [1.807, 2.05) is 19.9 Å². The molecule has 6 heteroatoms. The summed E-state index contributed by atoms with van der Waals surface area (Å²) in [4.78, 5) is 16.7. The Balaban J connectivity index is 2.18. The third-order valence-corrected chi connectivity index (χ3v) is 4.50. The number of hydrogen-bond acceptors (Lipinski definition) is 5. The molecular weight excluding hydrogens is 306 g/mol. The summed E-state index contributed by atoms with van der Waals surface area (Å²) in [6.07, 6.45) is 2.28. The molecular formula is C18H27N3O3. The maximum atomic E-state index is 12.7. The highest BCUT2D eigenvalue weighted by Gasteiger charge is 2.25. The van der Waals surface area contributed by atoms with E-state index in [0.29, 0.717) is 5.76 Å². The summed E-state index contributed by atoms with van der Waals surface area (Å²) < 4.78 is 10.7. The van der Waals surface area contributed by atoms with Gasteiger partial charge < -0.3 is 13.8 Å². The van der Waals surface area contributed by atoms with Crippen molar-refractivity contribution in [2.75, 3.05) is 20.1 Å². The first-order valence-electron chi connectivity index (χ1n) is 8.53. The molecule has 2 aromatic heterocycles. The van der Waals surface area contributed by atoms with Gasteiger partial charge in [-0.25, -0.2) is 0 Å². The zero-order valence-corrected chi connectivity index (χ0v) is 15.2. The van der Waals surface area contributed by atoms with E-state index in [1.54, 1.807) is 18.0 Å². The molecule has 0 spiro atoms. The lowest BCUT2D eigenvalue weighted by molar-refractivity contribution is 0.0703. The average molecular weight is 333 g/mol. The highest BCUT2D eigenvalue weighted by Crippen LogP contribution is 2.23. The Labute approximate surface area is 143 Å². The van der Waals surface area contributed by atoms with Crippen molar-refractivity contribution in [1.82, 2.24) is 15.0 Å². The van der Waals surface area contributed by atoms with Crippen molar-refractivity contribution < 1.29 is 13.7 Å². The van der Waals surface area contributed by atoms with Crippen molar-refractivity contribution >= 4 is 5.91 Å². The van der Waals surface area contributed by atoms with Crippen LogP contribution in [0.3, 0.4) is 0 Å². The Morgan fingerprint density at radius 2 is 2.00 bits per heavy atom. The molecule has 0 saturated carbocycles. The molecule has 1 atom stereocenters. The monoisotopic (exact) mass is 333 g/mol. The summed E-state index contributed by atoms with van der Waals surface area (Å²) in [7, 11) is 1.75. The van der Waals surface area contributed by atoms with Crippen LogP contribution in [0.4, 0.5) is 0 Å². The highest BCUT2D eigenvalue weighted by atomic mass is 16.5. The number of amides is 1. The molecule has 1 amide bonds. The molecule has 0 bridgehead atoms. The van der Waals surface area contributed by atoms with E-state index >= 15 is 0 Å². The number of hydrogen-bond donors (Lipinski definition) is 0. The quantitative estimate of drug-likeness (QED) is 0.740. The number of rotatable bonds is 8. The minimum absolute atomic E-state index is 0.147. The van der Waals surface area contributed by atoms with Gasteiger partial charge in [0.1, 0.15) is 17.7 Å². The van der Waals surface area contributed by atoms with E-state index < -0.39 is 0 Å². The van der Waals surface area contributed by atoms with Crippen LogP contribution in [0.5, 0.6) is 0 Å². The lowest BCUT2D eigenvalue weighted by Gasteiger charge is -2.21. The third kappa shape index (κ3) is 3.87. The maximum absolute atomic E-state index is 12.7. The molecule has 0 unspecified atom stereocenters. The van der Waals surface area contributed by atoms with Crippen molar-refractivity contribution in [3.63, 3.8) is 0 Å². The van der Waals surface area contributed by atoms with Gasteiger partial charge in [-0.2, -0.15) is 0 Å². The van der Waals surface area contributed by atoms with E-state index in [0.717, 1.165) is 43.1 Å². The smallest absolute Gasteiger partial charge is 0.289 e. The van der Waals surface area contributed by atoms with E-state index in [1.165, 1.54) is 6.26 Å². The molecule has 0 radical (unpaired) electrons. The normalized spacial score (nSPS) is 12.6. The fourth-order valence-corrected chi connectivity index (χ4v) is 2.68. The minimum atomic E-state index is -0.183. The van der Waals surface area contributed by atoms with Crippen molar-refractivity contribution in [1.29, 1.82) is 0 Å². The van der Waals surface area contributed by atoms with Crippen LogP contribution in [-0.4, -0.2) is 41.0 Å². The van der Waals surface area contributed by atoms with Crippen LogP contribution in [0.25, 0.3) is 0 Å². The average Bonchev–Trinajstić information content (AvgIpc) is 3.27. The maximum Gasteiger partial charge on any atom is 0.289 e. The molecule has 0 aliphatic heterocycles. The fourth-order valence-electron chi connectivity index (χ4n) is 2.68. The van der Waals surface area contributed by atoms with Crippen molar-refractivity contribution in [3.05, 3.63) is 41.2 Å². The number of aromatic nitrogens is 1. The molecule has 0 N–H and O–H groups in total. The number of carbonyl (C=O) groups is 1. The van der Waals surface area contributed by atoms with Gasteiger partial charge in [0.15, 0.2) is 5.76 Å². The van der Waals surface area contributed by atoms with Gasteiger partial charge in [-0.05, 0) is 26.1 Å². The second kappa shape index (κ2) is 8.15. The number of carbonyl (C=O) groups excluding carboxylic acids is 1. The topological polar surface area (TPSA) is 62.7 Å². The molecule has 0 aromatic carbocycles. The Bertz CT molecular complexity index is 645. The summed E-state index contributed by atoms with van der Waals surface area (Å²) in [5.74, 6) is 1.12. The van der Waals surface area contributed by atoms with Crippen molar-refractivity contribution in [3.8, 4) is 0 Å². The lowest BCUT2D eigenvalue weighted by atomic mass is 10.1. The van der Waals surface area contributed by atoms with E-state index in [4.69, 9.17) is 8.94 Å². The molecule has 24 heavy (non-hydrogen) atoms. The van der Waals surface area contributed by atoms with Gasteiger partial charge in [0, 0.05) is 31.6 Å². The summed E-state index contributed by atoms with van der Waals surface area (Å²) in [5, 5.41) is 3.91. The van der Waals surface area contributed by atoms with Gasteiger partial charge >= 0.3 is 0 Å². The first-order chi connectivity index (χ1) is 11.5.